The number of hydrogen-bond donors (Lipinski definition) is 0. The van der Waals surface area contributed by atoms with Gasteiger partial charge < -0.3 is 4.74 Å². The predicted molar refractivity (Wildman–Crippen MR) is 72.8 cm³/mol. The molecule has 0 unspecified atom stereocenters. The molecule has 1 aromatic rings. The summed E-state index contributed by atoms with van der Waals surface area (Å²) in [5.41, 5.74) is 1.52. The van der Waals surface area contributed by atoms with E-state index in [1.54, 1.807) is 26.0 Å². The van der Waals surface area contributed by atoms with E-state index in [9.17, 15) is 13.2 Å². The van der Waals surface area contributed by atoms with Gasteiger partial charge >= 0.3 is 6.09 Å². The minimum absolute atomic E-state index is 0.0596. The second kappa shape index (κ2) is 5.44. The zero-order valence-electron chi connectivity index (χ0n) is 10.8. The van der Waals surface area contributed by atoms with Crippen molar-refractivity contribution in [1.82, 2.24) is 0 Å². The molecule has 1 aliphatic heterocycles. The summed E-state index contributed by atoms with van der Waals surface area (Å²) in [5.74, 6) is 0. The first-order valence-electron chi connectivity index (χ1n) is 6.04. The van der Waals surface area contributed by atoms with E-state index >= 15 is 0 Å². The molecule has 102 valence electrons. The monoisotopic (exact) mass is 281 g/mol. The quantitative estimate of drug-likeness (QED) is 0.738. The molecule has 0 fully saturated rings. The molecular weight excluding hydrogens is 266 g/mol. The molecule has 19 heavy (non-hydrogen) atoms. The number of anilines is 1. The Morgan fingerprint density at radius 1 is 1.26 bits per heavy atom. The Balaban J connectivity index is 2.51. The Hall–Kier alpha value is -1.82. The molecule has 1 aromatic carbocycles. The van der Waals surface area contributed by atoms with Crippen LogP contribution in [-0.4, -0.2) is 25.6 Å². The highest BCUT2D eigenvalue weighted by atomic mass is 32.2. The van der Waals surface area contributed by atoms with Crippen molar-refractivity contribution in [3.8, 4) is 0 Å². The lowest BCUT2D eigenvalue weighted by atomic mass is 10.0. The van der Waals surface area contributed by atoms with Crippen LogP contribution in [0.4, 0.5) is 10.5 Å². The fraction of sp³-hybridized carbons (Fsp3) is 0.385. The third-order valence-electron chi connectivity index (χ3n) is 2.80. The molecule has 0 aliphatic carbocycles. The highest BCUT2D eigenvalue weighted by molar-refractivity contribution is 7.73. The molecular formula is C13H15NO4S. The predicted octanol–water partition coefficient (Wildman–Crippen LogP) is 1.99. The van der Waals surface area contributed by atoms with Gasteiger partial charge in [-0.3, -0.25) is 0 Å². The molecule has 6 heteroatoms. The highest BCUT2D eigenvalue weighted by Crippen LogP contribution is 2.28. The molecule has 1 aliphatic rings. The van der Waals surface area contributed by atoms with E-state index < -0.39 is 16.4 Å². The third kappa shape index (κ3) is 2.78. The summed E-state index contributed by atoms with van der Waals surface area (Å²) in [7, 11) is -2.43. The van der Waals surface area contributed by atoms with Crippen LogP contribution in [-0.2, 0) is 21.5 Å². The van der Waals surface area contributed by atoms with Gasteiger partial charge in [0.2, 0.25) is 10.3 Å². The molecule has 0 atom stereocenters. The van der Waals surface area contributed by atoms with Crippen LogP contribution in [0.1, 0.15) is 25.8 Å². The number of nitrogens with zero attached hydrogens (tertiary/aromatic N) is 1. The van der Waals surface area contributed by atoms with Gasteiger partial charge in [0.15, 0.2) is 0 Å². The number of ether oxygens (including phenoxy) is 1. The molecule has 0 aromatic heterocycles. The second-order valence-electron chi connectivity index (χ2n) is 4.53. The standard InChI is InChI=1S/C13H15NO4S/c1-9(2)18-13(15)14-11-6-4-3-5-10(11)7-8-12(14)19(16)17/h3-6,9H,7-8H2,1-2H3. The lowest BCUT2D eigenvalue weighted by Gasteiger charge is -2.29. The second-order valence-corrected chi connectivity index (χ2v) is 5.47. The van der Waals surface area contributed by atoms with E-state index in [1.165, 1.54) is 0 Å². The lowest BCUT2D eigenvalue weighted by Crippen LogP contribution is -2.42. The summed E-state index contributed by atoms with van der Waals surface area (Å²) in [6.45, 7) is 3.45. The minimum Gasteiger partial charge on any atom is -0.446 e. The van der Waals surface area contributed by atoms with E-state index in [2.05, 4.69) is 0 Å². The van der Waals surface area contributed by atoms with Crippen molar-refractivity contribution in [1.29, 1.82) is 0 Å². The number of rotatable bonds is 1. The summed E-state index contributed by atoms with van der Waals surface area (Å²) in [6, 6.07) is 7.24. The Kier molecular flexibility index (Phi) is 3.90. The van der Waals surface area contributed by atoms with Gasteiger partial charge in [0.25, 0.3) is 0 Å². The lowest BCUT2D eigenvalue weighted by molar-refractivity contribution is 0.125. The van der Waals surface area contributed by atoms with E-state index in [-0.39, 0.29) is 11.1 Å². The average molecular weight is 281 g/mol. The number of fused-ring (bicyclic) bond motifs is 1. The first-order chi connectivity index (χ1) is 9.00. The molecule has 1 amide bonds. The van der Waals surface area contributed by atoms with Crippen molar-refractivity contribution in [2.75, 3.05) is 4.90 Å². The van der Waals surface area contributed by atoms with Crippen molar-refractivity contribution in [2.24, 2.45) is 0 Å². The molecule has 0 spiro atoms. The van der Waals surface area contributed by atoms with Crippen LogP contribution in [0.3, 0.4) is 0 Å². The number of benzene rings is 1. The van der Waals surface area contributed by atoms with Gasteiger partial charge in [0.1, 0.15) is 4.99 Å². The van der Waals surface area contributed by atoms with Gasteiger partial charge in [0.05, 0.1) is 11.8 Å². The Morgan fingerprint density at radius 3 is 2.58 bits per heavy atom. The summed E-state index contributed by atoms with van der Waals surface area (Å²) in [4.78, 5) is 13.3. The van der Waals surface area contributed by atoms with Crippen LogP contribution < -0.4 is 4.90 Å². The SMILES string of the molecule is CC(C)OC(=O)N1C(=S(=O)=O)CCc2ccccc21. The highest BCUT2D eigenvalue weighted by Gasteiger charge is 2.30. The van der Waals surface area contributed by atoms with E-state index in [0.717, 1.165) is 10.5 Å². The fourth-order valence-electron chi connectivity index (χ4n) is 2.04. The molecule has 1 heterocycles. The van der Waals surface area contributed by atoms with Crippen LogP contribution in [0.2, 0.25) is 0 Å². The van der Waals surface area contributed by atoms with Crippen LogP contribution in [0, 0.1) is 0 Å². The first kappa shape index (κ1) is 13.6. The Bertz CT molecular complexity index is 626. The van der Waals surface area contributed by atoms with Gasteiger partial charge in [-0.1, -0.05) is 18.2 Å². The molecule has 2 rings (SSSR count). The smallest absolute Gasteiger partial charge is 0.419 e. The van der Waals surface area contributed by atoms with Crippen molar-refractivity contribution in [3.63, 3.8) is 0 Å². The van der Waals surface area contributed by atoms with Gasteiger partial charge in [-0.2, -0.15) is 8.42 Å². The summed E-state index contributed by atoms with van der Waals surface area (Å²) < 4.78 is 27.7. The van der Waals surface area contributed by atoms with Crippen molar-refractivity contribution in [2.45, 2.75) is 32.8 Å². The van der Waals surface area contributed by atoms with Crippen LogP contribution in [0.25, 0.3) is 0 Å². The van der Waals surface area contributed by atoms with E-state index in [1.807, 2.05) is 12.1 Å². The average Bonchev–Trinajstić information content (AvgIpc) is 2.36. The summed E-state index contributed by atoms with van der Waals surface area (Å²) in [6.07, 6.45) is -0.0464. The third-order valence-corrected chi connectivity index (χ3v) is 3.57. The van der Waals surface area contributed by atoms with Gasteiger partial charge in [-0.25, -0.2) is 9.69 Å². The number of carbonyl (C=O) groups is 1. The molecule has 0 bridgehead atoms. The summed E-state index contributed by atoms with van der Waals surface area (Å²) >= 11 is 0. The van der Waals surface area contributed by atoms with Crippen LogP contribution >= 0.6 is 0 Å². The Morgan fingerprint density at radius 2 is 1.95 bits per heavy atom. The van der Waals surface area contributed by atoms with Crippen molar-refractivity contribution < 1.29 is 17.9 Å². The Labute approximate surface area is 113 Å². The number of amides is 1. The van der Waals surface area contributed by atoms with Crippen molar-refractivity contribution >= 4 is 27.1 Å². The fourth-order valence-corrected chi connectivity index (χ4v) is 2.63. The zero-order chi connectivity index (χ0) is 14.0. The topological polar surface area (TPSA) is 63.7 Å². The number of carbonyl (C=O) groups excluding carboxylic acids is 1. The number of para-hydroxylation sites is 1. The van der Waals surface area contributed by atoms with Crippen LogP contribution in [0.15, 0.2) is 24.3 Å². The molecule has 0 saturated carbocycles. The molecule has 0 N–H and O–H groups in total. The van der Waals surface area contributed by atoms with Gasteiger partial charge in [-0.15, -0.1) is 0 Å². The van der Waals surface area contributed by atoms with Crippen LogP contribution in [0.5, 0.6) is 0 Å². The first-order valence-corrected chi connectivity index (χ1v) is 7.12. The molecule has 0 radical (unpaired) electrons. The molecule has 5 nitrogen and oxygen atoms in total. The maximum absolute atomic E-state index is 12.1. The zero-order valence-corrected chi connectivity index (χ0v) is 11.6. The minimum atomic E-state index is -2.43. The maximum Gasteiger partial charge on any atom is 0.419 e. The largest absolute Gasteiger partial charge is 0.446 e. The van der Waals surface area contributed by atoms with Gasteiger partial charge in [0, 0.05) is 6.42 Å². The maximum atomic E-state index is 12.1. The summed E-state index contributed by atoms with van der Waals surface area (Å²) in [5, 5.41) is 0. The molecule has 0 saturated heterocycles. The van der Waals surface area contributed by atoms with Crippen molar-refractivity contribution in [3.05, 3.63) is 29.8 Å². The van der Waals surface area contributed by atoms with E-state index in [0.29, 0.717) is 18.5 Å². The number of aryl methyl sites for hydroxylation is 1. The number of hydrogen-bond acceptors (Lipinski definition) is 4. The normalized spacial score (nSPS) is 14.3. The van der Waals surface area contributed by atoms with Gasteiger partial charge in [-0.05, 0) is 31.9 Å². The van der Waals surface area contributed by atoms with E-state index in [4.69, 9.17) is 4.74 Å².